The van der Waals surface area contributed by atoms with Gasteiger partial charge in [-0.2, -0.15) is 0 Å². The zero-order valence-corrected chi connectivity index (χ0v) is 12.5. The molecule has 1 heterocycles. The predicted molar refractivity (Wildman–Crippen MR) is 82.1 cm³/mol. The third kappa shape index (κ3) is 3.63. The Bertz CT molecular complexity index is 476. The molecule has 0 radical (unpaired) electrons. The highest BCUT2D eigenvalue weighted by atomic mass is 16.3. The van der Waals surface area contributed by atoms with E-state index in [1.54, 1.807) is 0 Å². The fraction of sp³-hybridized carbons (Fsp3) is 0.588. The molecule has 3 rings (SSSR count). The predicted octanol–water partition coefficient (Wildman–Crippen LogP) is 1.88. The lowest BCUT2D eigenvalue weighted by Crippen LogP contribution is -2.29. The van der Waals surface area contributed by atoms with Crippen molar-refractivity contribution >= 4 is 5.91 Å². The van der Waals surface area contributed by atoms with Crippen LogP contribution in [0.2, 0.25) is 0 Å². The molecule has 1 aliphatic heterocycles. The van der Waals surface area contributed by atoms with Gasteiger partial charge in [-0.25, -0.2) is 0 Å². The Morgan fingerprint density at radius 3 is 2.43 bits per heavy atom. The van der Waals surface area contributed by atoms with E-state index >= 15 is 0 Å². The van der Waals surface area contributed by atoms with E-state index in [0.29, 0.717) is 6.04 Å². The summed E-state index contributed by atoms with van der Waals surface area (Å²) in [6, 6.07) is 8.63. The number of hydrogen-bond donors (Lipinski definition) is 1. The second kappa shape index (κ2) is 6.58. The van der Waals surface area contributed by atoms with Crippen molar-refractivity contribution in [2.75, 3.05) is 26.2 Å². The zero-order chi connectivity index (χ0) is 14.7. The van der Waals surface area contributed by atoms with E-state index in [2.05, 4.69) is 17.0 Å². The first-order valence-corrected chi connectivity index (χ1v) is 8.01. The molecule has 4 heteroatoms. The van der Waals surface area contributed by atoms with Crippen molar-refractivity contribution < 1.29 is 9.90 Å². The van der Waals surface area contributed by atoms with Crippen molar-refractivity contribution in [3.8, 4) is 0 Å². The first-order chi connectivity index (χ1) is 10.3. The topological polar surface area (TPSA) is 43.8 Å². The van der Waals surface area contributed by atoms with Crippen molar-refractivity contribution in [3.05, 3.63) is 35.4 Å². The van der Waals surface area contributed by atoms with Gasteiger partial charge < -0.3 is 10.0 Å². The Balaban J connectivity index is 1.61. The second-order valence-electron chi connectivity index (χ2n) is 6.12. The quantitative estimate of drug-likeness (QED) is 0.869. The minimum Gasteiger partial charge on any atom is -0.395 e. The maximum absolute atomic E-state index is 12.3. The number of aliphatic hydroxyl groups is 1. The Labute approximate surface area is 126 Å². The third-order valence-electron chi connectivity index (χ3n) is 4.43. The minimum atomic E-state index is 0.161. The highest BCUT2D eigenvalue weighted by Crippen LogP contribution is 2.28. The number of rotatable bonds is 6. The summed E-state index contributed by atoms with van der Waals surface area (Å²) < 4.78 is 0. The molecule has 0 unspecified atom stereocenters. The monoisotopic (exact) mass is 288 g/mol. The van der Waals surface area contributed by atoms with Crippen molar-refractivity contribution in [2.24, 2.45) is 0 Å². The van der Waals surface area contributed by atoms with Gasteiger partial charge in [0.25, 0.3) is 5.91 Å². The molecule has 21 heavy (non-hydrogen) atoms. The van der Waals surface area contributed by atoms with E-state index in [1.165, 1.54) is 18.4 Å². The standard InChI is InChI=1S/C17H24N2O2/c20-12-11-19(16-7-8-16)13-14-3-5-15(6-4-14)17(21)18-9-1-2-10-18/h3-6,16,20H,1-2,7-13H2. The first kappa shape index (κ1) is 14.5. The molecule has 1 aromatic carbocycles. The number of amides is 1. The van der Waals surface area contributed by atoms with Crippen molar-refractivity contribution in [3.63, 3.8) is 0 Å². The molecule has 1 aliphatic carbocycles. The largest absolute Gasteiger partial charge is 0.395 e. The maximum atomic E-state index is 12.3. The van der Waals surface area contributed by atoms with Crippen LogP contribution in [0.4, 0.5) is 0 Å². The van der Waals surface area contributed by atoms with Gasteiger partial charge >= 0.3 is 0 Å². The van der Waals surface area contributed by atoms with Gasteiger partial charge in [-0.3, -0.25) is 9.69 Å². The highest BCUT2D eigenvalue weighted by Gasteiger charge is 2.28. The number of likely N-dealkylation sites (tertiary alicyclic amines) is 1. The van der Waals surface area contributed by atoms with Gasteiger partial charge in [0.1, 0.15) is 0 Å². The summed E-state index contributed by atoms with van der Waals surface area (Å²) in [5.74, 6) is 0.161. The Morgan fingerprint density at radius 2 is 1.86 bits per heavy atom. The molecule has 1 N–H and O–H groups in total. The number of benzene rings is 1. The third-order valence-corrected chi connectivity index (χ3v) is 4.43. The van der Waals surface area contributed by atoms with Crippen LogP contribution in [0.25, 0.3) is 0 Å². The maximum Gasteiger partial charge on any atom is 0.253 e. The van der Waals surface area contributed by atoms with Crippen LogP contribution < -0.4 is 0 Å². The molecule has 0 spiro atoms. The average molecular weight is 288 g/mol. The minimum absolute atomic E-state index is 0.161. The van der Waals surface area contributed by atoms with Crippen molar-refractivity contribution in [1.29, 1.82) is 0 Å². The summed E-state index contributed by atoms with van der Waals surface area (Å²) in [6.07, 6.45) is 4.74. The van der Waals surface area contributed by atoms with E-state index in [0.717, 1.165) is 44.6 Å². The van der Waals surface area contributed by atoms with Gasteiger partial charge in [0, 0.05) is 37.8 Å². The molecule has 1 saturated carbocycles. The van der Waals surface area contributed by atoms with Crippen LogP contribution in [0.15, 0.2) is 24.3 Å². The molecule has 2 aliphatic rings. The molecule has 1 amide bonds. The summed E-state index contributed by atoms with van der Waals surface area (Å²) in [6.45, 7) is 3.60. The molecule has 0 bridgehead atoms. The molecular formula is C17H24N2O2. The zero-order valence-electron chi connectivity index (χ0n) is 12.5. The lowest BCUT2D eigenvalue weighted by molar-refractivity contribution is 0.0793. The Kier molecular flexibility index (Phi) is 4.56. The number of carbonyl (C=O) groups is 1. The van der Waals surface area contributed by atoms with Crippen LogP contribution in [-0.4, -0.2) is 53.1 Å². The molecule has 0 atom stereocenters. The lowest BCUT2D eigenvalue weighted by Gasteiger charge is -2.21. The highest BCUT2D eigenvalue weighted by molar-refractivity contribution is 5.94. The number of nitrogens with zero attached hydrogens (tertiary/aromatic N) is 2. The van der Waals surface area contributed by atoms with Gasteiger partial charge in [-0.05, 0) is 43.4 Å². The first-order valence-electron chi connectivity index (χ1n) is 8.01. The fourth-order valence-electron chi connectivity index (χ4n) is 3.05. The van der Waals surface area contributed by atoms with E-state index < -0.39 is 0 Å². The molecule has 0 aromatic heterocycles. The van der Waals surface area contributed by atoms with E-state index in [4.69, 9.17) is 5.11 Å². The molecular weight excluding hydrogens is 264 g/mol. The van der Waals surface area contributed by atoms with Crippen LogP contribution in [0.3, 0.4) is 0 Å². The van der Waals surface area contributed by atoms with E-state index in [-0.39, 0.29) is 12.5 Å². The molecule has 1 aromatic rings. The fourth-order valence-corrected chi connectivity index (χ4v) is 3.05. The number of hydrogen-bond acceptors (Lipinski definition) is 3. The molecule has 114 valence electrons. The Morgan fingerprint density at radius 1 is 1.19 bits per heavy atom. The van der Waals surface area contributed by atoms with Crippen molar-refractivity contribution in [2.45, 2.75) is 38.3 Å². The molecule has 2 fully saturated rings. The van der Waals surface area contributed by atoms with Crippen LogP contribution in [0.5, 0.6) is 0 Å². The molecule has 1 saturated heterocycles. The summed E-state index contributed by atoms with van der Waals surface area (Å²) in [7, 11) is 0. The van der Waals surface area contributed by atoms with Crippen LogP contribution >= 0.6 is 0 Å². The smallest absolute Gasteiger partial charge is 0.253 e. The SMILES string of the molecule is O=C(c1ccc(CN(CCO)C2CC2)cc1)N1CCCC1. The molecule has 4 nitrogen and oxygen atoms in total. The normalized spacial score (nSPS) is 18.5. The summed E-state index contributed by atoms with van der Waals surface area (Å²) in [5, 5.41) is 9.14. The van der Waals surface area contributed by atoms with Gasteiger partial charge in [0.2, 0.25) is 0 Å². The number of carbonyl (C=O) groups excluding carboxylic acids is 1. The van der Waals surface area contributed by atoms with Crippen LogP contribution in [0.1, 0.15) is 41.6 Å². The van der Waals surface area contributed by atoms with Crippen LogP contribution in [-0.2, 0) is 6.54 Å². The average Bonchev–Trinajstić information content (AvgIpc) is 3.21. The van der Waals surface area contributed by atoms with Crippen LogP contribution in [0, 0.1) is 0 Å². The van der Waals surface area contributed by atoms with Gasteiger partial charge in [0.05, 0.1) is 6.61 Å². The van der Waals surface area contributed by atoms with Gasteiger partial charge in [0.15, 0.2) is 0 Å². The van der Waals surface area contributed by atoms with Crippen molar-refractivity contribution in [1.82, 2.24) is 9.80 Å². The van der Waals surface area contributed by atoms with Gasteiger partial charge in [-0.1, -0.05) is 12.1 Å². The summed E-state index contributed by atoms with van der Waals surface area (Å²) in [4.78, 5) is 16.6. The summed E-state index contributed by atoms with van der Waals surface area (Å²) >= 11 is 0. The number of aliphatic hydroxyl groups excluding tert-OH is 1. The van der Waals surface area contributed by atoms with E-state index in [9.17, 15) is 4.79 Å². The Hall–Kier alpha value is -1.39. The summed E-state index contributed by atoms with van der Waals surface area (Å²) in [5.41, 5.74) is 2.01. The lowest BCUT2D eigenvalue weighted by atomic mass is 10.1. The van der Waals surface area contributed by atoms with E-state index in [1.807, 2.05) is 17.0 Å². The van der Waals surface area contributed by atoms with Gasteiger partial charge in [-0.15, -0.1) is 0 Å². The second-order valence-corrected chi connectivity index (χ2v) is 6.12.